The molecular weight excluding hydrogens is 753 g/mol. The van der Waals surface area contributed by atoms with E-state index in [1.807, 2.05) is 78.3 Å². The van der Waals surface area contributed by atoms with Crippen LogP contribution in [-0.4, -0.2) is 47.7 Å². The number of unbranched alkanes of at least 4 members (excludes halogenated alkanes) is 1. The summed E-state index contributed by atoms with van der Waals surface area (Å²) >= 11 is 1.26. The fourth-order valence-corrected chi connectivity index (χ4v) is 8.67. The Morgan fingerprint density at radius 1 is 0.763 bits per heavy atom. The van der Waals surface area contributed by atoms with Crippen molar-refractivity contribution >= 4 is 17.2 Å². The molecule has 1 N–H and O–H groups in total. The molecule has 3 heterocycles. The molecule has 0 bridgehead atoms. The maximum Gasteiger partial charge on any atom is 0.263 e. The second kappa shape index (κ2) is 17.3. The molecule has 0 radical (unpaired) electrons. The molecule has 0 unspecified atom stereocenters. The average molecular weight is 797 g/mol. The Labute approximate surface area is 347 Å². The van der Waals surface area contributed by atoms with E-state index in [2.05, 4.69) is 95.2 Å². The minimum absolute atomic E-state index is 0.112. The van der Waals surface area contributed by atoms with Crippen LogP contribution in [-0.2, 0) is 24.9 Å². The highest BCUT2D eigenvalue weighted by Crippen LogP contribution is 2.43. The quantitative estimate of drug-likeness (QED) is 0.110. The number of carbonyl (C=O) groups excluding carboxylic acids is 1. The Balaban J connectivity index is 1.19. The smallest absolute Gasteiger partial charge is 0.263 e. The van der Waals surface area contributed by atoms with Crippen LogP contribution < -0.4 is 10.9 Å². The second-order valence-corrected chi connectivity index (χ2v) is 15.3. The van der Waals surface area contributed by atoms with Gasteiger partial charge < -0.3 is 5.32 Å². The molecule has 0 fully saturated rings. The summed E-state index contributed by atoms with van der Waals surface area (Å²) in [5, 5.41) is 16.5. The number of carbonyl (C=O) groups is 1. The summed E-state index contributed by atoms with van der Waals surface area (Å²) in [5.41, 5.74) is 9.54. The molecule has 0 aliphatic carbocycles. The van der Waals surface area contributed by atoms with Gasteiger partial charge in [0, 0.05) is 24.6 Å². The van der Waals surface area contributed by atoms with E-state index in [0.29, 0.717) is 40.6 Å². The fraction of sp³-hybridized carbons (Fsp3) is 0.188. The van der Waals surface area contributed by atoms with Crippen LogP contribution in [0.25, 0.3) is 22.5 Å². The molecule has 3 aromatic heterocycles. The van der Waals surface area contributed by atoms with Crippen molar-refractivity contribution in [3.05, 3.63) is 205 Å². The van der Waals surface area contributed by atoms with Crippen LogP contribution in [0, 0.1) is 6.92 Å². The predicted octanol–water partition coefficient (Wildman–Crippen LogP) is 8.51. The molecule has 8 aromatic rings. The summed E-state index contributed by atoms with van der Waals surface area (Å²) in [5.74, 6) is 1.00. The Morgan fingerprint density at radius 2 is 1.36 bits per heavy atom. The molecule has 0 aliphatic rings. The molecule has 0 aliphatic heterocycles. The Morgan fingerprint density at radius 3 is 1.95 bits per heavy atom. The third-order valence-corrected chi connectivity index (χ3v) is 11.7. The van der Waals surface area contributed by atoms with Gasteiger partial charge in [0.2, 0.25) is 0 Å². The molecule has 294 valence electrons. The van der Waals surface area contributed by atoms with Crippen molar-refractivity contribution in [3.8, 4) is 22.5 Å². The zero-order chi connectivity index (χ0) is 40.8. The summed E-state index contributed by atoms with van der Waals surface area (Å²) < 4.78 is 3.60. The number of nitrogens with zero attached hydrogens (tertiary/aromatic N) is 7. The zero-order valence-electron chi connectivity index (χ0n) is 33.2. The van der Waals surface area contributed by atoms with Crippen molar-refractivity contribution < 1.29 is 4.79 Å². The number of tetrazole rings is 1. The maximum absolute atomic E-state index is 14.3. The second-order valence-electron chi connectivity index (χ2n) is 14.4. The molecule has 0 atom stereocenters. The van der Waals surface area contributed by atoms with Gasteiger partial charge in [-0.2, -0.15) is 0 Å². The molecule has 8 rings (SSSR count). The lowest BCUT2D eigenvalue weighted by atomic mass is 9.77. The van der Waals surface area contributed by atoms with E-state index >= 15 is 0 Å². The first-order chi connectivity index (χ1) is 28.9. The normalized spacial score (nSPS) is 11.4. The Bertz CT molecular complexity index is 2650. The van der Waals surface area contributed by atoms with Crippen LogP contribution >= 0.6 is 11.3 Å². The molecule has 10 nitrogen and oxygen atoms in total. The van der Waals surface area contributed by atoms with E-state index in [1.165, 1.54) is 11.3 Å². The van der Waals surface area contributed by atoms with Gasteiger partial charge in [-0.05, 0) is 63.6 Å². The van der Waals surface area contributed by atoms with Crippen molar-refractivity contribution in [3.63, 3.8) is 0 Å². The van der Waals surface area contributed by atoms with Gasteiger partial charge in [-0.3, -0.25) is 14.2 Å². The van der Waals surface area contributed by atoms with E-state index < -0.39 is 5.54 Å². The number of benzene rings is 5. The number of hydrogen-bond acceptors (Lipinski definition) is 8. The highest BCUT2D eigenvalue weighted by molar-refractivity contribution is 7.11. The molecule has 0 spiro atoms. The Kier molecular flexibility index (Phi) is 11.5. The monoisotopic (exact) mass is 796 g/mol. The summed E-state index contributed by atoms with van der Waals surface area (Å²) in [7, 11) is 1.59. The lowest BCUT2D eigenvalue weighted by Crippen LogP contribution is -2.39. The number of hydrogen-bond donors (Lipinski definition) is 1. The van der Waals surface area contributed by atoms with Crippen LogP contribution in [0.5, 0.6) is 0 Å². The summed E-state index contributed by atoms with van der Waals surface area (Å²) in [6.45, 7) is 4.15. The van der Waals surface area contributed by atoms with Gasteiger partial charge in [-0.1, -0.05) is 153 Å². The molecule has 0 saturated heterocycles. The van der Waals surface area contributed by atoms with Gasteiger partial charge in [-0.25, -0.2) is 14.6 Å². The van der Waals surface area contributed by atoms with Crippen LogP contribution in [0.4, 0.5) is 0 Å². The van der Waals surface area contributed by atoms with E-state index in [1.54, 1.807) is 17.1 Å². The molecule has 11 heteroatoms. The number of aryl methyl sites for hydroxylation is 2. The summed E-state index contributed by atoms with van der Waals surface area (Å²) in [6.07, 6.45) is 3.03. The first-order valence-corrected chi connectivity index (χ1v) is 20.7. The zero-order valence-corrected chi connectivity index (χ0v) is 34.1. The standard InChI is InChI=1S/C48H44N8O2S/c1-4-5-25-42-41(47(58)55(33(2)51-42)31-43-44(46(57)49-3)59-32-50-43)30-34-26-28-35(29-27-34)39-23-15-16-24-40(39)45-52-53-54-56(45)48(36-17-9-6-10-18-36,37-19-11-7-12-20-37)38-21-13-8-14-22-38/h6-24,26-29,32H,4-5,25,30-31H2,1-3H3,(H,49,57). The minimum atomic E-state index is -0.895. The van der Waals surface area contributed by atoms with Gasteiger partial charge in [0.15, 0.2) is 5.82 Å². The van der Waals surface area contributed by atoms with Crippen molar-refractivity contribution in [1.29, 1.82) is 0 Å². The number of rotatable bonds is 14. The van der Waals surface area contributed by atoms with Crippen molar-refractivity contribution in [2.75, 3.05) is 7.05 Å². The average Bonchev–Trinajstić information content (AvgIpc) is 3.98. The van der Waals surface area contributed by atoms with Crippen LogP contribution in [0.2, 0.25) is 0 Å². The van der Waals surface area contributed by atoms with Gasteiger partial charge in [0.05, 0.1) is 23.4 Å². The van der Waals surface area contributed by atoms with Gasteiger partial charge in [0.25, 0.3) is 11.5 Å². The third kappa shape index (κ3) is 7.52. The molecule has 59 heavy (non-hydrogen) atoms. The molecule has 0 saturated carbocycles. The number of thiazole rings is 1. The van der Waals surface area contributed by atoms with Crippen molar-refractivity contribution in [1.82, 2.24) is 40.1 Å². The lowest BCUT2D eigenvalue weighted by molar-refractivity contribution is 0.0966. The van der Waals surface area contributed by atoms with E-state index in [0.717, 1.165) is 57.5 Å². The van der Waals surface area contributed by atoms with Crippen molar-refractivity contribution in [2.45, 2.75) is 51.6 Å². The lowest BCUT2D eigenvalue weighted by Gasteiger charge is -2.36. The fourth-order valence-electron chi connectivity index (χ4n) is 7.92. The summed E-state index contributed by atoms with van der Waals surface area (Å²) in [4.78, 5) is 36.7. The SMILES string of the molecule is CCCCc1nc(C)n(Cc2ncsc2C(=O)NC)c(=O)c1Cc1ccc(-c2ccccc2-c2nnnn2C(c2ccccc2)(c2ccccc2)c2ccccc2)cc1. The third-order valence-electron chi connectivity index (χ3n) is 10.9. The summed E-state index contributed by atoms with van der Waals surface area (Å²) in [6, 6.07) is 47.7. The van der Waals surface area contributed by atoms with Gasteiger partial charge in [-0.15, -0.1) is 16.4 Å². The highest BCUT2D eigenvalue weighted by Gasteiger charge is 2.42. The number of nitrogens with one attached hydrogen (secondary N) is 1. The van der Waals surface area contributed by atoms with Gasteiger partial charge in [0.1, 0.15) is 16.2 Å². The first-order valence-electron chi connectivity index (χ1n) is 19.8. The van der Waals surface area contributed by atoms with Crippen molar-refractivity contribution in [2.24, 2.45) is 0 Å². The number of aromatic nitrogens is 7. The van der Waals surface area contributed by atoms with Gasteiger partial charge >= 0.3 is 0 Å². The molecule has 5 aromatic carbocycles. The Hall–Kier alpha value is -6.85. The maximum atomic E-state index is 14.3. The molecule has 1 amide bonds. The van der Waals surface area contributed by atoms with Crippen LogP contribution in [0.1, 0.15) is 74.5 Å². The van der Waals surface area contributed by atoms with E-state index in [4.69, 9.17) is 15.3 Å². The first kappa shape index (κ1) is 39.0. The predicted molar refractivity (Wildman–Crippen MR) is 233 cm³/mol. The topological polar surface area (TPSA) is 120 Å². The van der Waals surface area contributed by atoms with E-state index in [9.17, 15) is 9.59 Å². The number of amides is 1. The van der Waals surface area contributed by atoms with E-state index in [-0.39, 0.29) is 18.0 Å². The molecular formula is C48H44N8O2S. The largest absolute Gasteiger partial charge is 0.354 e. The minimum Gasteiger partial charge on any atom is -0.354 e. The highest BCUT2D eigenvalue weighted by atomic mass is 32.1. The van der Waals surface area contributed by atoms with Crippen LogP contribution in [0.3, 0.4) is 0 Å². The van der Waals surface area contributed by atoms with Crippen LogP contribution in [0.15, 0.2) is 150 Å².